The van der Waals surface area contributed by atoms with Crippen LogP contribution in [0.3, 0.4) is 0 Å². The highest BCUT2D eigenvalue weighted by Crippen LogP contribution is 2.39. The molecule has 0 bridgehead atoms. The first-order valence-corrected chi connectivity index (χ1v) is 8.85. The summed E-state index contributed by atoms with van der Waals surface area (Å²) < 4.78 is 2.28. The van der Waals surface area contributed by atoms with E-state index in [1.807, 2.05) is 18.2 Å². The van der Waals surface area contributed by atoms with Crippen LogP contribution in [0.15, 0.2) is 29.1 Å². The smallest absolute Gasteiger partial charge is 0.258 e. The number of H-pyrrole nitrogens is 1. The fourth-order valence-electron chi connectivity index (χ4n) is 3.65. The molecule has 1 aliphatic carbocycles. The van der Waals surface area contributed by atoms with Gasteiger partial charge in [-0.2, -0.15) is 0 Å². The van der Waals surface area contributed by atoms with Gasteiger partial charge in [0.15, 0.2) is 0 Å². The van der Waals surface area contributed by atoms with E-state index in [0.717, 1.165) is 36.8 Å². The molecule has 3 heterocycles. The molecule has 7 heteroatoms. The van der Waals surface area contributed by atoms with E-state index >= 15 is 0 Å². The zero-order valence-corrected chi connectivity index (χ0v) is 14.1. The summed E-state index contributed by atoms with van der Waals surface area (Å²) in [5.41, 5.74) is 0.660. The highest BCUT2D eigenvalue weighted by atomic mass is 16.1. The van der Waals surface area contributed by atoms with Gasteiger partial charge in [0.2, 0.25) is 0 Å². The minimum absolute atomic E-state index is 0.0205. The minimum Gasteiger partial charge on any atom is -0.312 e. The molecule has 5 rings (SSSR count). The molecule has 3 aromatic rings. The summed E-state index contributed by atoms with van der Waals surface area (Å²) >= 11 is 0. The lowest BCUT2D eigenvalue weighted by Crippen LogP contribution is -2.37. The summed E-state index contributed by atoms with van der Waals surface area (Å²) in [5, 5.41) is 9.42. The fraction of sp³-hybridized carbons (Fsp3) is 0.444. The van der Waals surface area contributed by atoms with E-state index in [9.17, 15) is 4.79 Å². The van der Waals surface area contributed by atoms with Crippen molar-refractivity contribution < 1.29 is 0 Å². The number of fused-ring (bicyclic) bond motifs is 2. The van der Waals surface area contributed by atoms with Crippen LogP contribution in [-0.4, -0.2) is 36.2 Å². The maximum atomic E-state index is 12.3. The average Bonchev–Trinajstić information content (AvgIpc) is 3.40. The fourth-order valence-corrected chi connectivity index (χ4v) is 3.65. The molecule has 0 spiro atoms. The molecule has 0 unspecified atom stereocenters. The van der Waals surface area contributed by atoms with Gasteiger partial charge in [0.1, 0.15) is 17.5 Å². The molecule has 25 heavy (non-hydrogen) atoms. The van der Waals surface area contributed by atoms with E-state index in [-0.39, 0.29) is 11.6 Å². The topological polar surface area (TPSA) is 79.7 Å². The van der Waals surface area contributed by atoms with Crippen molar-refractivity contribution in [2.75, 3.05) is 6.54 Å². The van der Waals surface area contributed by atoms with Crippen molar-refractivity contribution in [3.63, 3.8) is 0 Å². The maximum Gasteiger partial charge on any atom is 0.258 e. The molecular formula is C18H20N6O. The van der Waals surface area contributed by atoms with E-state index < -0.39 is 0 Å². The molecule has 1 aliphatic heterocycles. The Bertz CT molecular complexity index is 1000. The molecule has 1 aromatic carbocycles. The van der Waals surface area contributed by atoms with Crippen LogP contribution >= 0.6 is 0 Å². The number of hydrogen-bond acceptors (Lipinski definition) is 5. The Morgan fingerprint density at radius 1 is 1.20 bits per heavy atom. The van der Waals surface area contributed by atoms with Crippen molar-refractivity contribution >= 4 is 10.9 Å². The Morgan fingerprint density at radius 2 is 2.04 bits per heavy atom. The average molecular weight is 336 g/mol. The molecule has 0 amide bonds. The quantitative estimate of drug-likeness (QED) is 0.791. The third kappa shape index (κ3) is 2.46. The van der Waals surface area contributed by atoms with Gasteiger partial charge in [-0.1, -0.05) is 12.1 Å². The number of para-hydroxylation sites is 1. The lowest BCUT2D eigenvalue weighted by molar-refractivity contribution is 0.156. The molecule has 1 saturated carbocycles. The van der Waals surface area contributed by atoms with Gasteiger partial charge in [-0.3, -0.25) is 9.69 Å². The Kier molecular flexibility index (Phi) is 3.24. The molecule has 1 fully saturated rings. The number of nitrogens with zero attached hydrogens (tertiary/aromatic N) is 5. The van der Waals surface area contributed by atoms with Gasteiger partial charge in [-0.25, -0.2) is 4.98 Å². The zero-order valence-electron chi connectivity index (χ0n) is 14.1. The largest absolute Gasteiger partial charge is 0.312 e. The first-order valence-electron chi connectivity index (χ1n) is 8.85. The van der Waals surface area contributed by atoms with E-state index in [0.29, 0.717) is 17.1 Å². The second kappa shape index (κ2) is 5.49. The summed E-state index contributed by atoms with van der Waals surface area (Å²) in [7, 11) is 0. The van der Waals surface area contributed by atoms with E-state index in [1.54, 1.807) is 6.07 Å². The van der Waals surface area contributed by atoms with Crippen LogP contribution in [0, 0.1) is 0 Å². The van der Waals surface area contributed by atoms with Crippen molar-refractivity contribution in [1.29, 1.82) is 0 Å². The van der Waals surface area contributed by atoms with Gasteiger partial charge in [-0.05, 0) is 31.9 Å². The predicted molar refractivity (Wildman–Crippen MR) is 93.2 cm³/mol. The normalized spacial score (nSPS) is 19.1. The van der Waals surface area contributed by atoms with Crippen LogP contribution in [0.25, 0.3) is 10.9 Å². The zero-order chi connectivity index (χ0) is 17.0. The second-order valence-electron chi connectivity index (χ2n) is 7.02. The first-order chi connectivity index (χ1) is 12.2. The van der Waals surface area contributed by atoms with Crippen molar-refractivity contribution in [3.8, 4) is 0 Å². The Balaban J connectivity index is 1.44. The van der Waals surface area contributed by atoms with Crippen LogP contribution in [0.1, 0.15) is 49.2 Å². The summed E-state index contributed by atoms with van der Waals surface area (Å²) in [4.78, 5) is 22.3. The van der Waals surface area contributed by atoms with Crippen LogP contribution in [0.5, 0.6) is 0 Å². The molecule has 2 aromatic heterocycles. The summed E-state index contributed by atoms with van der Waals surface area (Å²) in [6.45, 7) is 4.62. The van der Waals surface area contributed by atoms with Crippen molar-refractivity contribution in [2.45, 2.75) is 44.8 Å². The second-order valence-corrected chi connectivity index (χ2v) is 7.02. The third-order valence-electron chi connectivity index (χ3n) is 5.33. The molecule has 1 atom stereocenters. The highest BCUT2D eigenvalue weighted by molar-refractivity contribution is 5.77. The van der Waals surface area contributed by atoms with Gasteiger partial charge >= 0.3 is 0 Å². The molecule has 0 radical (unpaired) electrons. The minimum atomic E-state index is -0.0800. The van der Waals surface area contributed by atoms with Crippen LogP contribution in [0.4, 0.5) is 0 Å². The van der Waals surface area contributed by atoms with Crippen molar-refractivity contribution in [3.05, 3.63) is 52.1 Å². The standard InChI is InChI=1S/C18H20N6O/c1-11(16-19-14-5-3-2-4-13(14)18(25)20-16)23-8-9-24-15(10-23)21-22-17(24)12-6-7-12/h2-5,11-12H,6-10H2,1H3,(H,19,20,25)/t11-/m1/s1. The third-order valence-corrected chi connectivity index (χ3v) is 5.33. The molecule has 7 nitrogen and oxygen atoms in total. The van der Waals surface area contributed by atoms with Crippen LogP contribution in [0.2, 0.25) is 0 Å². The van der Waals surface area contributed by atoms with Gasteiger partial charge in [0.25, 0.3) is 5.56 Å². The lowest BCUT2D eigenvalue weighted by Gasteiger charge is -2.32. The van der Waals surface area contributed by atoms with Crippen molar-refractivity contribution in [2.24, 2.45) is 0 Å². The lowest BCUT2D eigenvalue weighted by atomic mass is 10.2. The van der Waals surface area contributed by atoms with E-state index in [4.69, 9.17) is 0 Å². The van der Waals surface area contributed by atoms with Crippen molar-refractivity contribution in [1.82, 2.24) is 29.6 Å². The SMILES string of the molecule is C[C@H](c1nc2ccccc2c(=O)[nH]1)N1CCn2c(nnc2C2CC2)C1. The van der Waals surface area contributed by atoms with Gasteiger partial charge < -0.3 is 9.55 Å². The monoisotopic (exact) mass is 336 g/mol. The number of nitrogens with one attached hydrogen (secondary N) is 1. The summed E-state index contributed by atoms with van der Waals surface area (Å²) in [6, 6.07) is 7.48. The first kappa shape index (κ1) is 14.8. The molecule has 1 N–H and O–H groups in total. The van der Waals surface area contributed by atoms with E-state index in [2.05, 4.69) is 36.6 Å². The summed E-state index contributed by atoms with van der Waals surface area (Å²) in [6.07, 6.45) is 2.47. The molecule has 128 valence electrons. The highest BCUT2D eigenvalue weighted by Gasteiger charge is 2.33. The van der Waals surface area contributed by atoms with Gasteiger partial charge in [0.05, 0.1) is 23.5 Å². The van der Waals surface area contributed by atoms with Gasteiger partial charge in [-0.15, -0.1) is 10.2 Å². The number of aromatic amines is 1. The van der Waals surface area contributed by atoms with Crippen LogP contribution in [-0.2, 0) is 13.1 Å². The van der Waals surface area contributed by atoms with Gasteiger partial charge in [0, 0.05) is 19.0 Å². The maximum absolute atomic E-state index is 12.3. The Morgan fingerprint density at radius 3 is 2.88 bits per heavy atom. The number of aromatic nitrogens is 5. The molecular weight excluding hydrogens is 316 g/mol. The Labute approximate surface area is 144 Å². The summed E-state index contributed by atoms with van der Waals surface area (Å²) in [5.74, 6) is 3.49. The number of hydrogen-bond donors (Lipinski definition) is 1. The number of rotatable bonds is 3. The molecule has 2 aliphatic rings. The molecule has 0 saturated heterocycles. The predicted octanol–water partition coefficient (Wildman–Crippen LogP) is 1.97. The number of benzene rings is 1. The van der Waals surface area contributed by atoms with Crippen LogP contribution < -0.4 is 5.56 Å². The van der Waals surface area contributed by atoms with E-state index in [1.165, 1.54) is 12.8 Å². The Hall–Kier alpha value is -2.54.